The van der Waals surface area contributed by atoms with Crippen molar-refractivity contribution in [2.24, 2.45) is 0 Å². The first-order valence-corrected chi connectivity index (χ1v) is 14.3. The lowest BCUT2D eigenvalue weighted by Crippen LogP contribution is -2.31. The van der Waals surface area contributed by atoms with Gasteiger partial charge >= 0.3 is 0 Å². The Labute approximate surface area is 240 Å². The normalized spacial score (nSPS) is 19.3. The summed E-state index contributed by atoms with van der Waals surface area (Å²) in [7, 11) is 0. The molecule has 2 aromatic heterocycles. The van der Waals surface area contributed by atoms with Gasteiger partial charge in [-0.3, -0.25) is 9.78 Å². The Hall–Kier alpha value is -4.17. The average Bonchev–Trinajstić information content (AvgIpc) is 3.62. The lowest BCUT2D eigenvalue weighted by atomic mass is 9.94. The third-order valence-corrected chi connectivity index (χ3v) is 8.04. The molecule has 6 rings (SSSR count). The van der Waals surface area contributed by atoms with E-state index in [1.54, 1.807) is 0 Å². The van der Waals surface area contributed by atoms with E-state index in [9.17, 15) is 4.79 Å². The number of hydrogen-bond acceptors (Lipinski definition) is 4. The number of amides is 1. The highest BCUT2D eigenvalue weighted by Crippen LogP contribution is 2.43. The molecule has 1 aliphatic carbocycles. The summed E-state index contributed by atoms with van der Waals surface area (Å²) >= 11 is 5.93. The fraction of sp³-hybridized carbons (Fsp3) is 0.281. The molecule has 2 N–H and O–H groups in total. The number of pyridine rings is 1. The van der Waals surface area contributed by atoms with Crippen molar-refractivity contribution in [3.05, 3.63) is 109 Å². The zero-order valence-electron chi connectivity index (χ0n) is 22.3. The first-order valence-electron chi connectivity index (χ1n) is 13.9. The van der Waals surface area contributed by atoms with Crippen molar-refractivity contribution in [1.29, 1.82) is 0 Å². The Bertz CT molecular complexity index is 1440. The number of hydrogen-bond donors (Lipinski definition) is 2. The molecule has 1 amide bonds. The number of anilines is 2. The predicted molar refractivity (Wildman–Crippen MR) is 161 cm³/mol. The van der Waals surface area contributed by atoms with Gasteiger partial charge in [0.1, 0.15) is 11.8 Å². The maximum absolute atomic E-state index is 12.5. The predicted octanol–water partition coefficient (Wildman–Crippen LogP) is 6.58. The molecule has 1 saturated heterocycles. The summed E-state index contributed by atoms with van der Waals surface area (Å²) in [6.45, 7) is -0.0577. The van der Waals surface area contributed by atoms with Crippen LogP contribution in [0.4, 0.5) is 11.4 Å². The van der Waals surface area contributed by atoms with Gasteiger partial charge in [0.15, 0.2) is 11.7 Å². The van der Waals surface area contributed by atoms with Crippen molar-refractivity contribution in [1.82, 2.24) is 14.9 Å². The van der Waals surface area contributed by atoms with Gasteiger partial charge in [-0.25, -0.2) is 0 Å². The summed E-state index contributed by atoms with van der Waals surface area (Å²) in [6.07, 6.45) is 10.3. The van der Waals surface area contributed by atoms with Crippen LogP contribution in [-0.4, -0.2) is 27.2 Å². The number of benzene rings is 2. The topological polar surface area (TPSA) is 71.4 Å². The van der Waals surface area contributed by atoms with Gasteiger partial charge in [-0.05, 0) is 85.7 Å². The molecule has 2 atom stereocenters. The molecule has 4 aromatic rings. The van der Waals surface area contributed by atoms with E-state index in [-0.39, 0.29) is 24.6 Å². The third-order valence-electron chi connectivity index (χ3n) is 7.72. The molecule has 2 aromatic carbocycles. The van der Waals surface area contributed by atoms with E-state index in [4.69, 9.17) is 21.9 Å². The number of aromatic nitrogens is 2. The zero-order valence-corrected chi connectivity index (χ0v) is 23.1. The molecular weight excluding hydrogens is 518 g/mol. The maximum atomic E-state index is 12.5. The molecule has 2 fully saturated rings. The fourth-order valence-electron chi connectivity index (χ4n) is 5.85. The Balaban J connectivity index is 1.25. The summed E-state index contributed by atoms with van der Waals surface area (Å²) in [5, 5.41) is 7.14. The van der Waals surface area contributed by atoms with Crippen molar-refractivity contribution in [2.45, 2.75) is 50.2 Å². The van der Waals surface area contributed by atoms with Crippen LogP contribution >= 0.6 is 12.2 Å². The van der Waals surface area contributed by atoms with E-state index in [0.29, 0.717) is 22.6 Å². The second kappa shape index (κ2) is 11.9. The number of nitrogens with one attached hydrogen (secondary N) is 2. The first kappa shape index (κ1) is 26.1. The zero-order chi connectivity index (χ0) is 27.3. The molecule has 7 nitrogen and oxygen atoms in total. The van der Waals surface area contributed by atoms with Gasteiger partial charge in [0.05, 0.1) is 11.7 Å². The summed E-state index contributed by atoms with van der Waals surface area (Å²) < 4.78 is 8.04. The van der Waals surface area contributed by atoms with Crippen LogP contribution < -0.4 is 20.3 Å². The number of thiocarbonyl (C=S) groups is 1. The Morgan fingerprint density at radius 2 is 1.73 bits per heavy atom. The first-order chi connectivity index (χ1) is 19.7. The van der Waals surface area contributed by atoms with Crippen LogP contribution in [0.3, 0.4) is 0 Å². The summed E-state index contributed by atoms with van der Waals surface area (Å²) in [4.78, 5) is 19.4. The van der Waals surface area contributed by atoms with Crippen molar-refractivity contribution in [2.75, 3.05) is 16.8 Å². The number of carbonyl (C=O) groups is 1. The van der Waals surface area contributed by atoms with Crippen LogP contribution in [0.5, 0.6) is 5.75 Å². The van der Waals surface area contributed by atoms with E-state index in [1.165, 1.54) is 37.8 Å². The highest BCUT2D eigenvalue weighted by atomic mass is 32.1. The SMILES string of the molecule is O=C(COc1ccccc1)Nc1ccc(N2C(=S)NC(c3ccccn3)C2c2cccn2C2CCCCC2)cc1. The minimum atomic E-state index is -0.214. The molecular formula is C32H33N5O2S. The number of ether oxygens (including phenoxy) is 1. The fourth-order valence-corrected chi connectivity index (χ4v) is 6.20. The molecule has 8 heteroatoms. The molecule has 40 heavy (non-hydrogen) atoms. The van der Waals surface area contributed by atoms with Gasteiger partial charge in [0.2, 0.25) is 0 Å². The highest BCUT2D eigenvalue weighted by Gasteiger charge is 2.42. The van der Waals surface area contributed by atoms with Crippen LogP contribution in [0.2, 0.25) is 0 Å². The number of nitrogens with zero attached hydrogens (tertiary/aromatic N) is 3. The quantitative estimate of drug-likeness (QED) is 0.241. The molecule has 0 radical (unpaired) electrons. The van der Waals surface area contributed by atoms with Crippen LogP contribution in [0.25, 0.3) is 0 Å². The Morgan fingerprint density at radius 1 is 0.950 bits per heavy atom. The molecule has 1 saturated carbocycles. The van der Waals surface area contributed by atoms with E-state index in [1.807, 2.05) is 72.9 Å². The van der Waals surface area contributed by atoms with Crippen molar-refractivity contribution in [3.8, 4) is 5.75 Å². The van der Waals surface area contributed by atoms with Gasteiger partial charge in [0.25, 0.3) is 5.91 Å². The largest absolute Gasteiger partial charge is 0.484 e. The Morgan fingerprint density at radius 3 is 2.48 bits per heavy atom. The summed E-state index contributed by atoms with van der Waals surface area (Å²) in [5.74, 6) is 0.447. The van der Waals surface area contributed by atoms with Gasteiger partial charge < -0.3 is 24.8 Å². The number of para-hydroxylation sites is 1. The number of rotatable bonds is 8. The lowest BCUT2D eigenvalue weighted by molar-refractivity contribution is -0.118. The van der Waals surface area contributed by atoms with Gasteiger partial charge in [0, 0.05) is 35.5 Å². The van der Waals surface area contributed by atoms with Gasteiger partial charge in [-0.2, -0.15) is 0 Å². The molecule has 3 heterocycles. The van der Waals surface area contributed by atoms with Crippen molar-refractivity contribution < 1.29 is 9.53 Å². The lowest BCUT2D eigenvalue weighted by Gasteiger charge is -2.32. The minimum absolute atomic E-state index is 0.0577. The maximum Gasteiger partial charge on any atom is 0.262 e. The molecule has 2 unspecified atom stereocenters. The van der Waals surface area contributed by atoms with Gasteiger partial charge in [-0.15, -0.1) is 0 Å². The average molecular weight is 552 g/mol. The van der Waals surface area contributed by atoms with Crippen molar-refractivity contribution >= 4 is 34.6 Å². The standard InChI is InChI=1S/C32H33N5O2S/c38-29(22-39-26-12-5-2-6-13-26)34-23-16-18-25(19-17-23)37-31(30(35-32(37)40)27-14-7-8-20-33-27)28-15-9-21-36(28)24-10-3-1-4-11-24/h2,5-9,12-21,24,30-31H,1,3-4,10-11,22H2,(H,34,38)(H,35,40). The van der Waals surface area contributed by atoms with Crippen LogP contribution in [0.1, 0.15) is 61.6 Å². The Kier molecular flexibility index (Phi) is 7.77. The van der Waals surface area contributed by atoms with E-state index >= 15 is 0 Å². The smallest absolute Gasteiger partial charge is 0.262 e. The van der Waals surface area contributed by atoms with Crippen LogP contribution in [-0.2, 0) is 4.79 Å². The second-order valence-corrected chi connectivity index (χ2v) is 10.7. The van der Waals surface area contributed by atoms with E-state index in [2.05, 4.69) is 44.5 Å². The molecule has 0 bridgehead atoms. The molecule has 204 valence electrons. The molecule has 0 spiro atoms. The minimum Gasteiger partial charge on any atom is -0.484 e. The molecule has 1 aliphatic heterocycles. The second-order valence-electron chi connectivity index (χ2n) is 10.3. The van der Waals surface area contributed by atoms with E-state index < -0.39 is 0 Å². The van der Waals surface area contributed by atoms with E-state index in [0.717, 1.165) is 11.4 Å². The van der Waals surface area contributed by atoms with Crippen LogP contribution in [0, 0.1) is 0 Å². The summed E-state index contributed by atoms with van der Waals surface area (Å²) in [6, 6.07) is 27.8. The monoisotopic (exact) mass is 551 g/mol. The highest BCUT2D eigenvalue weighted by molar-refractivity contribution is 7.80. The van der Waals surface area contributed by atoms with Gasteiger partial charge in [-0.1, -0.05) is 43.5 Å². The van der Waals surface area contributed by atoms with Crippen LogP contribution in [0.15, 0.2) is 97.3 Å². The van der Waals surface area contributed by atoms with Crippen molar-refractivity contribution in [3.63, 3.8) is 0 Å². The third kappa shape index (κ3) is 5.58. The molecule has 2 aliphatic rings. The summed E-state index contributed by atoms with van der Waals surface area (Å²) in [5.41, 5.74) is 3.84. The number of carbonyl (C=O) groups excluding carboxylic acids is 1.